The summed E-state index contributed by atoms with van der Waals surface area (Å²) in [6.07, 6.45) is 4.86. The topological polar surface area (TPSA) is 67.6 Å². The molecule has 1 fully saturated rings. The van der Waals surface area contributed by atoms with Gasteiger partial charge in [0.2, 0.25) is 0 Å². The normalized spacial score (nSPS) is 16.8. The van der Waals surface area contributed by atoms with Gasteiger partial charge >= 0.3 is 0 Å². The van der Waals surface area contributed by atoms with E-state index in [2.05, 4.69) is 9.88 Å². The second-order valence-corrected chi connectivity index (χ2v) is 9.82. The Kier molecular flexibility index (Phi) is 4.74. The molecule has 0 radical (unpaired) electrons. The number of halogens is 1. The van der Waals surface area contributed by atoms with E-state index < -0.39 is 9.84 Å². The predicted molar refractivity (Wildman–Crippen MR) is 117 cm³/mol. The van der Waals surface area contributed by atoms with Gasteiger partial charge in [-0.3, -0.25) is 0 Å². The Morgan fingerprint density at radius 1 is 1.06 bits per heavy atom. The van der Waals surface area contributed by atoms with Crippen molar-refractivity contribution in [2.24, 2.45) is 0 Å². The molecular weight excluding hydrogens is 415 g/mol. The maximum atomic E-state index is 13.8. The van der Waals surface area contributed by atoms with Crippen molar-refractivity contribution in [2.75, 3.05) is 17.7 Å². The van der Waals surface area contributed by atoms with E-state index in [0.29, 0.717) is 5.65 Å². The zero-order valence-corrected chi connectivity index (χ0v) is 17.8. The third kappa shape index (κ3) is 3.67. The Labute approximate surface area is 179 Å². The van der Waals surface area contributed by atoms with Crippen LogP contribution in [0.2, 0.25) is 0 Å². The largest absolute Gasteiger partial charge is 0.348 e. The van der Waals surface area contributed by atoms with Crippen molar-refractivity contribution in [3.8, 4) is 11.3 Å². The summed E-state index contributed by atoms with van der Waals surface area (Å²) in [4.78, 5) is 6.91. The Hall–Kier alpha value is -3.26. The summed E-state index contributed by atoms with van der Waals surface area (Å²) in [5.74, 6) is 0.563. The monoisotopic (exact) mass is 436 g/mol. The van der Waals surface area contributed by atoms with Crippen LogP contribution in [0.3, 0.4) is 0 Å². The summed E-state index contributed by atoms with van der Waals surface area (Å²) in [5, 5.41) is 4.83. The lowest BCUT2D eigenvalue weighted by molar-refractivity contribution is 0.602. The van der Waals surface area contributed by atoms with Crippen molar-refractivity contribution in [1.82, 2.24) is 14.6 Å². The molecule has 1 unspecified atom stereocenters. The maximum Gasteiger partial charge on any atom is 0.175 e. The van der Waals surface area contributed by atoms with Crippen LogP contribution in [-0.4, -0.2) is 35.8 Å². The standard InChI is InChI=1S/C23H21FN4O2S/c1-31(29,30)19-9-7-16(8-10-19)21-15-25-22-11-12-23(26-28(21)22)27-13-3-6-20(27)17-4-2-5-18(24)14-17/h2,4-5,7-12,14-15,20H,3,6,13H2,1H3. The van der Waals surface area contributed by atoms with Crippen LogP contribution in [0.5, 0.6) is 0 Å². The fraction of sp³-hybridized carbons (Fsp3) is 0.217. The molecule has 0 aliphatic carbocycles. The number of aromatic nitrogens is 3. The summed E-state index contributed by atoms with van der Waals surface area (Å²) in [7, 11) is -3.26. The van der Waals surface area contributed by atoms with Crippen molar-refractivity contribution in [1.29, 1.82) is 0 Å². The lowest BCUT2D eigenvalue weighted by Crippen LogP contribution is -2.24. The van der Waals surface area contributed by atoms with E-state index in [-0.39, 0.29) is 16.8 Å². The molecule has 0 N–H and O–H groups in total. The molecule has 6 nitrogen and oxygen atoms in total. The Bertz CT molecular complexity index is 1370. The van der Waals surface area contributed by atoms with Crippen LogP contribution in [0.1, 0.15) is 24.4 Å². The average molecular weight is 437 g/mol. The molecule has 1 aliphatic heterocycles. The highest BCUT2D eigenvalue weighted by Gasteiger charge is 2.28. The smallest absolute Gasteiger partial charge is 0.175 e. The first-order valence-electron chi connectivity index (χ1n) is 10.1. The zero-order valence-electron chi connectivity index (χ0n) is 16.9. The molecule has 0 spiro atoms. The van der Waals surface area contributed by atoms with E-state index in [1.807, 2.05) is 18.2 Å². The van der Waals surface area contributed by atoms with Gasteiger partial charge in [-0.05, 0) is 54.8 Å². The van der Waals surface area contributed by atoms with Gasteiger partial charge in [-0.2, -0.15) is 0 Å². The number of benzene rings is 2. The number of fused-ring (bicyclic) bond motifs is 1. The maximum absolute atomic E-state index is 13.8. The highest BCUT2D eigenvalue weighted by molar-refractivity contribution is 7.90. The van der Waals surface area contributed by atoms with Crippen molar-refractivity contribution in [2.45, 2.75) is 23.8 Å². The molecule has 8 heteroatoms. The molecule has 1 saturated heterocycles. The van der Waals surface area contributed by atoms with E-state index >= 15 is 0 Å². The molecule has 0 saturated carbocycles. The number of imidazole rings is 1. The molecule has 5 rings (SSSR count). The van der Waals surface area contributed by atoms with Crippen LogP contribution in [0, 0.1) is 5.82 Å². The zero-order chi connectivity index (χ0) is 21.6. The lowest BCUT2D eigenvalue weighted by Gasteiger charge is -2.26. The van der Waals surface area contributed by atoms with E-state index in [0.717, 1.165) is 42.0 Å². The third-order valence-electron chi connectivity index (χ3n) is 5.71. The summed E-state index contributed by atoms with van der Waals surface area (Å²) >= 11 is 0. The molecule has 0 bridgehead atoms. The van der Waals surface area contributed by atoms with E-state index in [4.69, 9.17) is 5.10 Å². The average Bonchev–Trinajstić information content (AvgIpc) is 3.40. The molecule has 1 atom stereocenters. The molecule has 2 aromatic carbocycles. The van der Waals surface area contributed by atoms with Gasteiger partial charge in [-0.15, -0.1) is 5.10 Å². The second kappa shape index (κ2) is 7.46. The first-order chi connectivity index (χ1) is 14.9. The number of sulfone groups is 1. The minimum absolute atomic E-state index is 0.0710. The van der Waals surface area contributed by atoms with Crippen molar-refractivity contribution < 1.29 is 12.8 Å². The van der Waals surface area contributed by atoms with E-state index in [9.17, 15) is 12.8 Å². The minimum atomic E-state index is -3.26. The number of hydrogen-bond acceptors (Lipinski definition) is 5. The Morgan fingerprint density at radius 2 is 1.87 bits per heavy atom. The third-order valence-corrected chi connectivity index (χ3v) is 6.84. The fourth-order valence-electron chi connectivity index (χ4n) is 4.19. The first kappa shape index (κ1) is 19.7. The quantitative estimate of drug-likeness (QED) is 0.478. The van der Waals surface area contributed by atoms with Crippen LogP contribution in [0.25, 0.3) is 16.9 Å². The highest BCUT2D eigenvalue weighted by atomic mass is 32.2. The Morgan fingerprint density at radius 3 is 2.61 bits per heavy atom. The molecule has 2 aromatic heterocycles. The van der Waals surface area contributed by atoms with Crippen LogP contribution in [0.15, 0.2) is 71.8 Å². The number of hydrogen-bond donors (Lipinski definition) is 0. The van der Waals surface area contributed by atoms with Gasteiger partial charge in [-0.1, -0.05) is 24.3 Å². The molecular formula is C23H21FN4O2S. The van der Waals surface area contributed by atoms with Gasteiger partial charge in [-0.25, -0.2) is 22.3 Å². The van der Waals surface area contributed by atoms with Crippen molar-refractivity contribution in [3.63, 3.8) is 0 Å². The van der Waals surface area contributed by atoms with Crippen LogP contribution >= 0.6 is 0 Å². The van der Waals surface area contributed by atoms with E-state index in [1.165, 1.54) is 12.3 Å². The summed E-state index contributed by atoms with van der Waals surface area (Å²) in [6.45, 7) is 0.840. The van der Waals surface area contributed by atoms with Crippen LogP contribution in [-0.2, 0) is 9.84 Å². The highest BCUT2D eigenvalue weighted by Crippen LogP contribution is 2.35. The lowest BCUT2D eigenvalue weighted by atomic mass is 10.0. The number of nitrogens with zero attached hydrogens (tertiary/aromatic N) is 4. The van der Waals surface area contributed by atoms with Gasteiger partial charge in [0.1, 0.15) is 11.6 Å². The van der Waals surface area contributed by atoms with Crippen LogP contribution < -0.4 is 4.90 Å². The van der Waals surface area contributed by atoms with E-state index in [1.54, 1.807) is 47.1 Å². The van der Waals surface area contributed by atoms with Gasteiger partial charge in [0.15, 0.2) is 15.5 Å². The fourth-order valence-corrected chi connectivity index (χ4v) is 4.82. The molecule has 31 heavy (non-hydrogen) atoms. The first-order valence-corrected chi connectivity index (χ1v) is 12.0. The van der Waals surface area contributed by atoms with Crippen molar-refractivity contribution >= 4 is 21.3 Å². The molecule has 158 valence electrons. The molecule has 0 amide bonds. The number of rotatable bonds is 4. The van der Waals surface area contributed by atoms with Crippen LogP contribution in [0.4, 0.5) is 10.2 Å². The molecule has 4 aromatic rings. The van der Waals surface area contributed by atoms with Gasteiger partial charge in [0.05, 0.1) is 22.8 Å². The SMILES string of the molecule is CS(=O)(=O)c1ccc(-c2cnc3ccc(N4CCCC4c4cccc(F)c4)nn23)cc1. The Balaban J connectivity index is 1.53. The summed E-state index contributed by atoms with van der Waals surface area (Å²) in [5.41, 5.74) is 3.25. The number of anilines is 1. The van der Waals surface area contributed by atoms with Crippen molar-refractivity contribution in [3.05, 3.63) is 78.2 Å². The summed E-state index contributed by atoms with van der Waals surface area (Å²) in [6, 6.07) is 17.4. The predicted octanol–water partition coefficient (Wildman–Crippen LogP) is 4.28. The summed E-state index contributed by atoms with van der Waals surface area (Å²) < 4.78 is 39.0. The molecule has 3 heterocycles. The van der Waals surface area contributed by atoms with Gasteiger partial charge < -0.3 is 4.90 Å². The second-order valence-electron chi connectivity index (χ2n) is 7.81. The minimum Gasteiger partial charge on any atom is -0.348 e. The van der Waals surface area contributed by atoms with Gasteiger partial charge in [0, 0.05) is 18.4 Å². The molecule has 1 aliphatic rings. The van der Waals surface area contributed by atoms with Gasteiger partial charge in [0.25, 0.3) is 0 Å².